The highest BCUT2D eigenvalue weighted by molar-refractivity contribution is 7.18. The summed E-state index contributed by atoms with van der Waals surface area (Å²) in [6, 6.07) is 0. The molecule has 0 bridgehead atoms. The van der Waals surface area contributed by atoms with Crippen molar-refractivity contribution in [3.8, 4) is 0 Å². The first-order valence-electron chi connectivity index (χ1n) is 11.8. The van der Waals surface area contributed by atoms with Gasteiger partial charge in [-0.15, -0.1) is 11.3 Å². The molecule has 2 atom stereocenters. The third-order valence-corrected chi connectivity index (χ3v) is 7.72. The first kappa shape index (κ1) is 23.2. The van der Waals surface area contributed by atoms with E-state index in [1.165, 1.54) is 23.3 Å². The maximum atomic E-state index is 12.9. The number of hydrogen-bond donors (Lipinski definition) is 1. The van der Waals surface area contributed by atoms with E-state index in [1.807, 2.05) is 33.8 Å². The second kappa shape index (κ2) is 8.75. The highest BCUT2D eigenvalue weighted by Crippen LogP contribution is 2.47. The number of Topliss-reactive ketones (excluding diaryl/α,β-unsaturated/α-hetero) is 1. The Labute approximate surface area is 195 Å². The van der Waals surface area contributed by atoms with Gasteiger partial charge in [0.2, 0.25) is 0 Å². The van der Waals surface area contributed by atoms with Crippen LogP contribution in [0.3, 0.4) is 0 Å². The van der Waals surface area contributed by atoms with E-state index >= 15 is 0 Å². The normalized spacial score (nSPS) is 20.0. The molecular formula is C27H35NO3S. The number of nitrogens with zero attached hydrogens (tertiary/aromatic N) is 1. The van der Waals surface area contributed by atoms with Gasteiger partial charge >= 0.3 is 0 Å². The molecule has 1 N–H and O–H groups in total. The van der Waals surface area contributed by atoms with Gasteiger partial charge in [0.1, 0.15) is 16.7 Å². The predicted molar refractivity (Wildman–Crippen MR) is 132 cm³/mol. The number of fused-ring (bicyclic) bond motifs is 3. The minimum Gasteiger partial charge on any atom is -0.512 e. The van der Waals surface area contributed by atoms with E-state index < -0.39 is 11.7 Å². The number of rotatable bonds is 5. The number of pyridine rings is 1. The maximum absolute atomic E-state index is 12.9. The molecular weight excluding hydrogens is 418 g/mol. The lowest BCUT2D eigenvalue weighted by Crippen LogP contribution is -2.28. The molecule has 2 aromatic rings. The smallest absolute Gasteiger partial charge is 0.163 e. The van der Waals surface area contributed by atoms with E-state index in [-0.39, 0.29) is 11.7 Å². The van der Waals surface area contributed by atoms with Crippen LogP contribution in [0.25, 0.3) is 10.2 Å². The van der Waals surface area contributed by atoms with Crippen molar-refractivity contribution in [1.82, 2.24) is 4.98 Å². The molecule has 0 spiro atoms. The standard InChI is InChI=1S/C27H35NO3S/c1-7-17-12-13-18(20(30)14-17)23-22(25(16(3)29)31-27(4,5)6)15(2)28-26-24(23)19-10-8-9-11-21(19)32-26/h12,14,18,25,30H,7-11,13H2,1-6H3/t18-,25-/m1/s1. The quantitative estimate of drug-likeness (QED) is 0.520. The van der Waals surface area contributed by atoms with Crippen molar-refractivity contribution in [2.75, 3.05) is 0 Å². The highest BCUT2D eigenvalue weighted by Gasteiger charge is 2.35. The summed E-state index contributed by atoms with van der Waals surface area (Å²) in [4.78, 5) is 20.4. The molecule has 4 nitrogen and oxygen atoms in total. The van der Waals surface area contributed by atoms with E-state index in [1.54, 1.807) is 18.3 Å². The molecule has 0 fully saturated rings. The van der Waals surface area contributed by atoms with Gasteiger partial charge in [-0.2, -0.15) is 0 Å². The van der Waals surface area contributed by atoms with Crippen molar-refractivity contribution < 1.29 is 14.6 Å². The lowest BCUT2D eigenvalue weighted by atomic mass is 9.80. The minimum absolute atomic E-state index is 0.0291. The molecule has 0 radical (unpaired) electrons. The summed E-state index contributed by atoms with van der Waals surface area (Å²) in [5.41, 5.74) is 4.78. The van der Waals surface area contributed by atoms with E-state index in [0.29, 0.717) is 5.76 Å². The summed E-state index contributed by atoms with van der Waals surface area (Å²) >= 11 is 1.79. The van der Waals surface area contributed by atoms with Gasteiger partial charge in [-0.05, 0) is 95.9 Å². The second-order valence-corrected chi connectivity index (χ2v) is 11.2. The monoisotopic (exact) mass is 453 g/mol. The number of carbonyl (C=O) groups excluding carboxylic acids is 1. The highest BCUT2D eigenvalue weighted by atomic mass is 32.1. The van der Waals surface area contributed by atoms with Crippen molar-refractivity contribution in [2.45, 2.75) is 97.7 Å². The Bertz CT molecular complexity index is 1120. The molecule has 0 amide bonds. The van der Waals surface area contributed by atoms with Crippen LogP contribution in [0.2, 0.25) is 0 Å². The number of aliphatic hydroxyl groups excluding tert-OH is 1. The van der Waals surface area contributed by atoms with Gasteiger partial charge in [-0.25, -0.2) is 4.98 Å². The molecule has 2 aromatic heterocycles. The van der Waals surface area contributed by atoms with Crippen molar-refractivity contribution in [3.05, 3.63) is 50.7 Å². The Morgan fingerprint density at radius 3 is 2.66 bits per heavy atom. The number of aryl methyl sites for hydroxylation is 3. The SMILES string of the molecule is CCC1=CC[C@@H](c2c([C@H](OC(C)(C)C)C(C)=O)c(C)nc3sc4c(c23)CCCC4)C(O)=C1. The Morgan fingerprint density at radius 2 is 2.03 bits per heavy atom. The molecule has 0 saturated heterocycles. The van der Waals surface area contributed by atoms with Crippen LogP contribution in [0.1, 0.15) is 99.6 Å². The molecule has 0 saturated carbocycles. The molecule has 32 heavy (non-hydrogen) atoms. The lowest BCUT2D eigenvalue weighted by molar-refractivity contribution is -0.139. The van der Waals surface area contributed by atoms with Crippen molar-refractivity contribution in [1.29, 1.82) is 0 Å². The Balaban J connectivity index is 2.02. The number of ether oxygens (including phenoxy) is 1. The molecule has 5 heteroatoms. The second-order valence-electron chi connectivity index (χ2n) is 10.1. The maximum Gasteiger partial charge on any atom is 0.163 e. The van der Waals surface area contributed by atoms with Gasteiger partial charge in [-0.3, -0.25) is 4.79 Å². The first-order valence-corrected chi connectivity index (χ1v) is 12.6. The van der Waals surface area contributed by atoms with Crippen LogP contribution in [0, 0.1) is 6.92 Å². The average Bonchev–Trinajstić information content (AvgIpc) is 3.08. The molecule has 0 unspecified atom stereocenters. The number of thiophene rings is 1. The van der Waals surface area contributed by atoms with Gasteiger partial charge in [0, 0.05) is 27.4 Å². The molecule has 0 aromatic carbocycles. The number of hydrogen-bond acceptors (Lipinski definition) is 5. The topological polar surface area (TPSA) is 59.4 Å². The Hall–Kier alpha value is -1.98. The predicted octanol–water partition coefficient (Wildman–Crippen LogP) is 7.19. The number of carbonyl (C=O) groups is 1. The molecule has 2 aliphatic rings. The largest absolute Gasteiger partial charge is 0.512 e. The van der Waals surface area contributed by atoms with E-state index in [0.717, 1.165) is 58.3 Å². The zero-order valence-electron chi connectivity index (χ0n) is 20.2. The molecule has 2 aliphatic carbocycles. The number of ketones is 1. The van der Waals surface area contributed by atoms with Crippen LogP contribution in [0.5, 0.6) is 0 Å². The van der Waals surface area contributed by atoms with Crippen LogP contribution in [0.4, 0.5) is 0 Å². The van der Waals surface area contributed by atoms with Gasteiger partial charge in [0.15, 0.2) is 5.78 Å². The van der Waals surface area contributed by atoms with E-state index in [9.17, 15) is 9.90 Å². The fourth-order valence-electron chi connectivity index (χ4n) is 5.09. The van der Waals surface area contributed by atoms with Gasteiger partial charge in [0.05, 0.1) is 5.60 Å². The van der Waals surface area contributed by atoms with Crippen molar-refractivity contribution >= 4 is 27.3 Å². The van der Waals surface area contributed by atoms with Crippen LogP contribution in [0.15, 0.2) is 23.5 Å². The Kier molecular flexibility index (Phi) is 6.34. The van der Waals surface area contributed by atoms with Crippen molar-refractivity contribution in [3.63, 3.8) is 0 Å². The number of aromatic nitrogens is 1. The van der Waals surface area contributed by atoms with E-state index in [2.05, 4.69) is 13.0 Å². The van der Waals surface area contributed by atoms with Gasteiger partial charge in [0.25, 0.3) is 0 Å². The van der Waals surface area contributed by atoms with Gasteiger partial charge < -0.3 is 9.84 Å². The summed E-state index contributed by atoms with van der Waals surface area (Å²) in [6.45, 7) is 11.6. The zero-order valence-corrected chi connectivity index (χ0v) is 21.0. The van der Waals surface area contributed by atoms with E-state index in [4.69, 9.17) is 9.72 Å². The molecule has 2 heterocycles. The minimum atomic E-state index is -0.703. The average molecular weight is 454 g/mol. The summed E-state index contributed by atoms with van der Waals surface area (Å²) in [5.74, 6) is 0.167. The molecule has 0 aliphatic heterocycles. The van der Waals surface area contributed by atoms with Crippen LogP contribution >= 0.6 is 11.3 Å². The number of allylic oxidation sites excluding steroid dienone is 4. The van der Waals surface area contributed by atoms with Gasteiger partial charge in [-0.1, -0.05) is 13.0 Å². The third kappa shape index (κ3) is 4.29. The van der Waals surface area contributed by atoms with Crippen molar-refractivity contribution in [2.24, 2.45) is 0 Å². The Morgan fingerprint density at radius 1 is 1.31 bits per heavy atom. The fourth-order valence-corrected chi connectivity index (χ4v) is 6.42. The summed E-state index contributed by atoms with van der Waals surface area (Å²) < 4.78 is 6.34. The fraction of sp³-hybridized carbons (Fsp3) is 0.556. The summed E-state index contributed by atoms with van der Waals surface area (Å²) in [5, 5.41) is 12.3. The summed E-state index contributed by atoms with van der Waals surface area (Å²) in [7, 11) is 0. The number of aliphatic hydroxyl groups is 1. The van der Waals surface area contributed by atoms with Crippen LogP contribution in [-0.2, 0) is 22.4 Å². The molecule has 172 valence electrons. The third-order valence-electron chi connectivity index (χ3n) is 6.54. The lowest BCUT2D eigenvalue weighted by Gasteiger charge is -2.31. The first-order chi connectivity index (χ1) is 15.1. The van der Waals surface area contributed by atoms with Crippen LogP contribution in [-0.4, -0.2) is 21.5 Å². The summed E-state index contributed by atoms with van der Waals surface area (Å²) in [6.07, 6.45) is 9.55. The molecule has 4 rings (SSSR count). The van der Waals surface area contributed by atoms with Crippen LogP contribution < -0.4 is 0 Å². The zero-order chi connectivity index (χ0) is 23.2.